The number of nitrogens with zero attached hydrogens (tertiary/aromatic N) is 4. The van der Waals surface area contributed by atoms with Crippen molar-refractivity contribution in [2.45, 2.75) is 72.2 Å². The molecule has 0 unspecified atom stereocenters. The standard InChI is InChI=1S/C22H34N4O3S/c1-14-15(2)17(4)20(18(5)16(14)3)30(27,28)26-11-9-25(10-12-26)13-19-23-21(29-24-19)22(6,7)8/h9-13H2,1-8H3. The fourth-order valence-corrected chi connectivity index (χ4v) is 5.91. The highest BCUT2D eigenvalue weighted by Crippen LogP contribution is 2.32. The van der Waals surface area contributed by atoms with Gasteiger partial charge in [0.15, 0.2) is 5.82 Å². The topological polar surface area (TPSA) is 79.5 Å². The summed E-state index contributed by atoms with van der Waals surface area (Å²) < 4.78 is 34.0. The Labute approximate surface area is 180 Å². The van der Waals surface area contributed by atoms with E-state index in [1.54, 1.807) is 4.31 Å². The Morgan fingerprint density at radius 1 is 0.867 bits per heavy atom. The molecule has 0 atom stereocenters. The van der Waals surface area contributed by atoms with Crippen molar-refractivity contribution in [2.24, 2.45) is 0 Å². The molecule has 0 amide bonds. The van der Waals surface area contributed by atoms with Crippen LogP contribution in [0.5, 0.6) is 0 Å². The van der Waals surface area contributed by atoms with E-state index in [0.717, 1.165) is 22.3 Å². The van der Waals surface area contributed by atoms with Gasteiger partial charge in [0.25, 0.3) is 0 Å². The number of hydrogen-bond acceptors (Lipinski definition) is 6. The predicted octanol–water partition coefficient (Wildman–Crippen LogP) is 3.42. The molecule has 0 N–H and O–H groups in total. The predicted molar refractivity (Wildman–Crippen MR) is 117 cm³/mol. The van der Waals surface area contributed by atoms with E-state index in [4.69, 9.17) is 4.52 Å². The zero-order chi connectivity index (χ0) is 22.4. The maximum Gasteiger partial charge on any atom is 0.243 e. The zero-order valence-electron chi connectivity index (χ0n) is 19.5. The summed E-state index contributed by atoms with van der Waals surface area (Å²) in [5.74, 6) is 1.27. The Balaban J connectivity index is 1.74. The summed E-state index contributed by atoms with van der Waals surface area (Å²) in [7, 11) is -3.54. The van der Waals surface area contributed by atoms with Crippen LogP contribution in [-0.4, -0.2) is 53.9 Å². The third-order valence-corrected chi connectivity index (χ3v) is 8.51. The molecule has 1 aromatic carbocycles. The van der Waals surface area contributed by atoms with Crippen LogP contribution in [0.4, 0.5) is 0 Å². The van der Waals surface area contributed by atoms with Crippen molar-refractivity contribution in [2.75, 3.05) is 26.2 Å². The second kappa shape index (κ2) is 8.05. The summed E-state index contributed by atoms with van der Waals surface area (Å²) in [6.45, 7) is 18.8. The van der Waals surface area contributed by atoms with E-state index in [1.807, 2.05) is 48.5 Å². The van der Waals surface area contributed by atoms with Gasteiger partial charge in [-0.3, -0.25) is 4.90 Å². The number of aromatic nitrogens is 2. The highest BCUT2D eigenvalue weighted by molar-refractivity contribution is 7.89. The monoisotopic (exact) mass is 434 g/mol. The lowest BCUT2D eigenvalue weighted by molar-refractivity contribution is 0.176. The maximum atomic E-state index is 13.5. The van der Waals surface area contributed by atoms with E-state index < -0.39 is 10.0 Å². The van der Waals surface area contributed by atoms with Crippen LogP contribution in [0.25, 0.3) is 0 Å². The molecule has 0 saturated carbocycles. The molecule has 2 aromatic rings. The Morgan fingerprint density at radius 3 is 1.83 bits per heavy atom. The van der Waals surface area contributed by atoms with Crippen molar-refractivity contribution in [3.05, 3.63) is 39.5 Å². The van der Waals surface area contributed by atoms with Gasteiger partial charge in [0.1, 0.15) is 0 Å². The number of benzene rings is 1. The van der Waals surface area contributed by atoms with Gasteiger partial charge in [-0.05, 0) is 62.4 Å². The van der Waals surface area contributed by atoms with E-state index in [-0.39, 0.29) is 5.41 Å². The molecule has 8 heteroatoms. The van der Waals surface area contributed by atoms with Crippen LogP contribution in [-0.2, 0) is 22.0 Å². The molecule has 1 fully saturated rings. The summed E-state index contributed by atoms with van der Waals surface area (Å²) in [5.41, 5.74) is 4.82. The van der Waals surface area contributed by atoms with Gasteiger partial charge in [-0.2, -0.15) is 9.29 Å². The largest absolute Gasteiger partial charge is 0.339 e. The number of rotatable bonds is 4. The SMILES string of the molecule is Cc1c(C)c(C)c(S(=O)(=O)N2CCN(Cc3noc(C(C)(C)C)n3)CC2)c(C)c1C. The fourth-order valence-electron chi connectivity index (χ4n) is 3.93. The van der Waals surface area contributed by atoms with Gasteiger partial charge < -0.3 is 4.52 Å². The molecule has 1 aliphatic heterocycles. The van der Waals surface area contributed by atoms with Gasteiger partial charge in [-0.15, -0.1) is 0 Å². The van der Waals surface area contributed by atoms with Crippen LogP contribution in [0.1, 0.15) is 60.3 Å². The van der Waals surface area contributed by atoms with Crippen molar-refractivity contribution in [1.29, 1.82) is 0 Å². The molecule has 3 rings (SSSR count). The molecule has 1 aliphatic rings. The summed E-state index contributed by atoms with van der Waals surface area (Å²) in [6.07, 6.45) is 0. The lowest BCUT2D eigenvalue weighted by atomic mass is 9.95. The van der Waals surface area contributed by atoms with E-state index in [9.17, 15) is 8.42 Å². The van der Waals surface area contributed by atoms with Gasteiger partial charge in [0, 0.05) is 31.6 Å². The van der Waals surface area contributed by atoms with E-state index in [1.165, 1.54) is 5.56 Å². The number of piperazine rings is 1. The van der Waals surface area contributed by atoms with E-state index in [2.05, 4.69) is 22.0 Å². The number of hydrogen-bond donors (Lipinski definition) is 0. The molecule has 0 spiro atoms. The molecule has 1 aromatic heterocycles. The van der Waals surface area contributed by atoms with E-state index >= 15 is 0 Å². The minimum Gasteiger partial charge on any atom is -0.339 e. The molecular weight excluding hydrogens is 400 g/mol. The Hall–Kier alpha value is -1.77. The molecule has 0 radical (unpaired) electrons. The van der Waals surface area contributed by atoms with Gasteiger partial charge in [0.05, 0.1) is 11.4 Å². The molecule has 166 valence electrons. The molecular formula is C22H34N4O3S. The lowest BCUT2D eigenvalue weighted by Gasteiger charge is -2.34. The zero-order valence-corrected chi connectivity index (χ0v) is 20.3. The van der Waals surface area contributed by atoms with E-state index in [0.29, 0.717) is 49.3 Å². The molecule has 1 saturated heterocycles. The molecule has 0 aliphatic carbocycles. The quantitative estimate of drug-likeness (QED) is 0.734. The van der Waals surface area contributed by atoms with Gasteiger partial charge in [0.2, 0.25) is 15.9 Å². The average molecular weight is 435 g/mol. The van der Waals surface area contributed by atoms with Crippen LogP contribution >= 0.6 is 0 Å². The smallest absolute Gasteiger partial charge is 0.243 e. The highest BCUT2D eigenvalue weighted by Gasteiger charge is 2.33. The first-order valence-electron chi connectivity index (χ1n) is 10.5. The van der Waals surface area contributed by atoms with Crippen molar-refractivity contribution in [3.8, 4) is 0 Å². The first-order chi connectivity index (χ1) is 13.8. The lowest BCUT2D eigenvalue weighted by Crippen LogP contribution is -2.48. The molecule has 7 nitrogen and oxygen atoms in total. The van der Waals surface area contributed by atoms with Crippen molar-refractivity contribution in [1.82, 2.24) is 19.3 Å². The summed E-state index contributed by atoms with van der Waals surface area (Å²) in [5, 5.41) is 4.08. The minimum absolute atomic E-state index is 0.182. The third-order valence-electron chi connectivity index (χ3n) is 6.34. The van der Waals surface area contributed by atoms with Crippen molar-refractivity contribution < 1.29 is 12.9 Å². The minimum atomic E-state index is -3.54. The molecule has 30 heavy (non-hydrogen) atoms. The normalized spacial score (nSPS) is 16.9. The molecule has 0 bridgehead atoms. The third kappa shape index (κ3) is 4.18. The van der Waals surface area contributed by atoms with Crippen LogP contribution in [0.3, 0.4) is 0 Å². The molecule has 2 heterocycles. The summed E-state index contributed by atoms with van der Waals surface area (Å²) >= 11 is 0. The first-order valence-corrected chi connectivity index (χ1v) is 11.9. The van der Waals surface area contributed by atoms with Crippen LogP contribution < -0.4 is 0 Å². The second-order valence-electron chi connectivity index (χ2n) is 9.40. The Bertz CT molecular complexity index is 1010. The average Bonchev–Trinajstić information content (AvgIpc) is 3.14. The highest BCUT2D eigenvalue weighted by atomic mass is 32.2. The Morgan fingerprint density at radius 2 is 1.37 bits per heavy atom. The first kappa shape index (κ1) is 22.9. The Kier molecular flexibility index (Phi) is 6.15. The van der Waals surface area contributed by atoms with Gasteiger partial charge in [-0.1, -0.05) is 25.9 Å². The summed E-state index contributed by atoms with van der Waals surface area (Å²) in [6, 6.07) is 0. The van der Waals surface area contributed by atoms with Gasteiger partial charge in [-0.25, -0.2) is 8.42 Å². The van der Waals surface area contributed by atoms with Crippen LogP contribution in [0.15, 0.2) is 9.42 Å². The number of sulfonamides is 1. The van der Waals surface area contributed by atoms with Crippen molar-refractivity contribution >= 4 is 10.0 Å². The fraction of sp³-hybridized carbons (Fsp3) is 0.636. The summed E-state index contributed by atoms with van der Waals surface area (Å²) in [4.78, 5) is 7.14. The second-order valence-corrected chi connectivity index (χ2v) is 11.3. The van der Waals surface area contributed by atoms with Gasteiger partial charge >= 0.3 is 0 Å². The van der Waals surface area contributed by atoms with Crippen molar-refractivity contribution in [3.63, 3.8) is 0 Å². The van der Waals surface area contributed by atoms with Crippen LogP contribution in [0, 0.1) is 34.6 Å². The van der Waals surface area contributed by atoms with Crippen LogP contribution in [0.2, 0.25) is 0 Å². The maximum absolute atomic E-state index is 13.5.